The number of pyridine rings is 1. The minimum atomic E-state index is 0.375. The van der Waals surface area contributed by atoms with Gasteiger partial charge in [-0.05, 0) is 50.6 Å². The van der Waals surface area contributed by atoms with Gasteiger partial charge in [0.15, 0.2) is 5.82 Å². The van der Waals surface area contributed by atoms with E-state index in [1.54, 1.807) is 4.68 Å². The summed E-state index contributed by atoms with van der Waals surface area (Å²) in [6.45, 7) is 14.0. The number of nitrogens with one attached hydrogen (secondary N) is 2. The Hall–Kier alpha value is -4.58. The first-order chi connectivity index (χ1) is 16.1. The minimum absolute atomic E-state index is 0.375. The average molecular weight is 438 g/mol. The topological polar surface area (TPSA) is 96.7 Å². The summed E-state index contributed by atoms with van der Waals surface area (Å²) in [7, 11) is 0. The smallest absolute Gasteiger partial charge is 0.267 e. The predicted octanol–water partition coefficient (Wildman–Crippen LogP) is 6.76. The number of azo groups is 1. The molecule has 0 atom stereocenters. The van der Waals surface area contributed by atoms with Gasteiger partial charge in [0.2, 0.25) is 5.69 Å². The molecule has 2 N–H and O–H groups in total. The molecule has 2 aromatic heterocycles. The monoisotopic (exact) mass is 437 g/mol. The molecule has 0 aliphatic rings. The molecule has 9 heteroatoms. The highest BCUT2D eigenvalue weighted by Gasteiger charge is 2.18. The highest BCUT2D eigenvalue weighted by molar-refractivity contribution is 5.85. The zero-order chi connectivity index (χ0) is 23.2. The molecule has 0 bridgehead atoms. The number of hydrogen-bond acceptors (Lipinski definition) is 7. The average Bonchev–Trinajstić information content (AvgIpc) is 3.20. The highest BCUT2D eigenvalue weighted by atomic mass is 15.4. The Morgan fingerprint density at radius 2 is 1.48 bits per heavy atom. The van der Waals surface area contributed by atoms with Crippen LogP contribution >= 0.6 is 0 Å². The van der Waals surface area contributed by atoms with E-state index in [0.29, 0.717) is 46.9 Å². The normalized spacial score (nSPS) is 10.8. The second kappa shape index (κ2) is 9.70. The van der Waals surface area contributed by atoms with Crippen LogP contribution in [-0.4, -0.2) is 19.7 Å². The lowest BCUT2D eigenvalue weighted by Gasteiger charge is -2.16. The van der Waals surface area contributed by atoms with Gasteiger partial charge in [-0.3, -0.25) is 0 Å². The molecule has 9 nitrogen and oxygen atoms in total. The lowest BCUT2D eigenvalue weighted by atomic mass is 10.1. The third kappa shape index (κ3) is 4.85. The Morgan fingerprint density at radius 3 is 2.06 bits per heavy atom. The summed E-state index contributed by atoms with van der Waals surface area (Å²) in [6.07, 6.45) is 0. The molecule has 0 radical (unpaired) electrons. The number of aryl methyl sites for hydroxylation is 2. The van der Waals surface area contributed by atoms with Crippen molar-refractivity contribution in [3.8, 4) is 0 Å². The lowest BCUT2D eigenvalue weighted by molar-refractivity contribution is 0.653. The number of aromatic nitrogens is 4. The number of para-hydroxylation sites is 2. The Bertz CT molecular complexity index is 1320. The van der Waals surface area contributed by atoms with Crippen molar-refractivity contribution in [3.05, 3.63) is 83.5 Å². The Labute approximate surface area is 192 Å². The zero-order valence-corrected chi connectivity index (χ0v) is 18.6. The first kappa shape index (κ1) is 21.6. The maximum absolute atomic E-state index is 7.77. The number of nitrogens with zero attached hydrogens (tertiary/aromatic N) is 7. The van der Waals surface area contributed by atoms with Crippen LogP contribution < -0.4 is 10.6 Å². The fourth-order valence-corrected chi connectivity index (χ4v) is 3.26. The first-order valence-electron chi connectivity index (χ1n) is 10.5. The van der Waals surface area contributed by atoms with Crippen molar-refractivity contribution < 1.29 is 0 Å². The SMILES string of the molecule is [C-]#[N+]c1c(Nc2ccccc2)nc(Nc2ccccc2)c(N=Nc2nc(C)nn2CC)c1C. The number of benzene rings is 2. The summed E-state index contributed by atoms with van der Waals surface area (Å²) in [4.78, 5) is 12.8. The summed E-state index contributed by atoms with van der Waals surface area (Å²) in [6, 6.07) is 19.3. The Morgan fingerprint density at radius 1 is 0.879 bits per heavy atom. The van der Waals surface area contributed by atoms with E-state index in [-0.39, 0.29) is 0 Å². The van der Waals surface area contributed by atoms with Crippen molar-refractivity contribution >= 4 is 40.3 Å². The minimum Gasteiger partial charge on any atom is -0.349 e. The van der Waals surface area contributed by atoms with Gasteiger partial charge in [0.05, 0.1) is 6.57 Å². The second-order valence-corrected chi connectivity index (χ2v) is 7.20. The molecular weight excluding hydrogens is 414 g/mol. The van der Waals surface area contributed by atoms with Gasteiger partial charge < -0.3 is 10.6 Å². The molecule has 0 aliphatic heterocycles. The first-order valence-corrected chi connectivity index (χ1v) is 10.5. The van der Waals surface area contributed by atoms with Crippen LogP contribution in [0.3, 0.4) is 0 Å². The van der Waals surface area contributed by atoms with E-state index in [0.717, 1.165) is 11.4 Å². The quantitative estimate of drug-likeness (QED) is 0.246. The molecule has 0 fully saturated rings. The molecule has 0 saturated carbocycles. The molecule has 0 unspecified atom stereocenters. The second-order valence-electron chi connectivity index (χ2n) is 7.20. The molecule has 33 heavy (non-hydrogen) atoms. The predicted molar refractivity (Wildman–Crippen MR) is 129 cm³/mol. The van der Waals surface area contributed by atoms with Crippen molar-refractivity contribution in [3.63, 3.8) is 0 Å². The van der Waals surface area contributed by atoms with Crippen LogP contribution in [0.4, 0.5) is 40.3 Å². The van der Waals surface area contributed by atoms with Gasteiger partial charge in [-0.2, -0.15) is 10.1 Å². The van der Waals surface area contributed by atoms with Crippen molar-refractivity contribution in [1.82, 2.24) is 19.7 Å². The van der Waals surface area contributed by atoms with Crippen LogP contribution in [0.5, 0.6) is 0 Å². The summed E-state index contributed by atoms with van der Waals surface area (Å²) < 4.78 is 1.67. The van der Waals surface area contributed by atoms with Crippen LogP contribution in [0.25, 0.3) is 4.85 Å². The third-order valence-corrected chi connectivity index (χ3v) is 4.86. The summed E-state index contributed by atoms with van der Waals surface area (Å²) in [5.74, 6) is 1.94. The summed E-state index contributed by atoms with van der Waals surface area (Å²) >= 11 is 0. The van der Waals surface area contributed by atoms with Crippen LogP contribution in [0.1, 0.15) is 18.3 Å². The van der Waals surface area contributed by atoms with E-state index in [4.69, 9.17) is 11.6 Å². The molecule has 0 aliphatic carbocycles. The van der Waals surface area contributed by atoms with Gasteiger partial charge in [-0.15, -0.1) is 10.2 Å². The molecule has 2 aromatic carbocycles. The van der Waals surface area contributed by atoms with Crippen molar-refractivity contribution in [1.29, 1.82) is 0 Å². The van der Waals surface area contributed by atoms with E-state index in [1.807, 2.05) is 81.4 Å². The highest BCUT2D eigenvalue weighted by Crippen LogP contribution is 2.41. The van der Waals surface area contributed by atoms with Gasteiger partial charge in [0.25, 0.3) is 5.95 Å². The molecular formula is C24H23N9. The Balaban J connectivity index is 1.82. The summed E-state index contributed by atoms with van der Waals surface area (Å²) in [5.41, 5.74) is 3.17. The maximum atomic E-state index is 7.77. The van der Waals surface area contributed by atoms with Gasteiger partial charge in [0, 0.05) is 17.9 Å². The van der Waals surface area contributed by atoms with E-state index in [1.165, 1.54) is 0 Å². The van der Waals surface area contributed by atoms with Gasteiger partial charge in [-0.25, -0.2) is 14.5 Å². The number of hydrogen-bond donors (Lipinski definition) is 2. The maximum Gasteiger partial charge on any atom is 0.267 e. The van der Waals surface area contributed by atoms with Crippen LogP contribution in [0.2, 0.25) is 0 Å². The molecule has 2 heterocycles. The van der Waals surface area contributed by atoms with Crippen molar-refractivity contribution in [2.75, 3.05) is 10.6 Å². The third-order valence-electron chi connectivity index (χ3n) is 4.86. The number of rotatable bonds is 7. The van der Waals surface area contributed by atoms with E-state index >= 15 is 0 Å². The van der Waals surface area contributed by atoms with Crippen LogP contribution in [-0.2, 0) is 6.54 Å². The zero-order valence-electron chi connectivity index (χ0n) is 18.6. The van der Waals surface area contributed by atoms with Crippen LogP contribution in [0, 0.1) is 20.4 Å². The van der Waals surface area contributed by atoms with E-state index < -0.39 is 0 Å². The van der Waals surface area contributed by atoms with E-state index in [2.05, 4.69) is 35.8 Å². The molecule has 0 amide bonds. The molecule has 4 rings (SSSR count). The molecule has 0 saturated heterocycles. The standard InChI is InChI=1S/C24H23N9/c1-5-33-24(26-17(3)32-33)31-30-21-16(2)20(25-4)22(27-18-12-8-6-9-13-18)29-23(21)28-19-14-10-7-11-15-19/h6-15H,5H2,1-3H3,(H2,27,28,29). The number of anilines is 4. The molecule has 4 aromatic rings. The van der Waals surface area contributed by atoms with Crippen molar-refractivity contribution in [2.45, 2.75) is 27.3 Å². The largest absolute Gasteiger partial charge is 0.349 e. The molecule has 0 spiro atoms. The van der Waals surface area contributed by atoms with E-state index in [9.17, 15) is 0 Å². The summed E-state index contributed by atoms with van der Waals surface area (Å²) in [5, 5.41) is 19.7. The van der Waals surface area contributed by atoms with Crippen molar-refractivity contribution in [2.24, 2.45) is 10.2 Å². The van der Waals surface area contributed by atoms with Gasteiger partial charge in [-0.1, -0.05) is 36.4 Å². The Kier molecular flexibility index (Phi) is 6.36. The molecule has 164 valence electrons. The van der Waals surface area contributed by atoms with Crippen LogP contribution in [0.15, 0.2) is 70.9 Å². The van der Waals surface area contributed by atoms with Gasteiger partial charge in [0.1, 0.15) is 17.3 Å². The fourth-order valence-electron chi connectivity index (χ4n) is 3.26. The fraction of sp³-hybridized carbons (Fsp3) is 0.167. The lowest BCUT2D eigenvalue weighted by Crippen LogP contribution is -2.01. The van der Waals surface area contributed by atoms with Gasteiger partial charge >= 0.3 is 0 Å².